The van der Waals surface area contributed by atoms with Crippen molar-refractivity contribution in [2.75, 3.05) is 17.1 Å². The van der Waals surface area contributed by atoms with Crippen molar-refractivity contribution in [2.24, 2.45) is 0 Å². The predicted molar refractivity (Wildman–Crippen MR) is 119 cm³/mol. The van der Waals surface area contributed by atoms with Crippen molar-refractivity contribution in [3.05, 3.63) is 68.8 Å². The van der Waals surface area contributed by atoms with Gasteiger partial charge in [0, 0.05) is 15.0 Å². The van der Waals surface area contributed by atoms with E-state index in [1.807, 2.05) is 30.5 Å². The number of amides is 1. The Hall–Kier alpha value is -2.36. The largest absolute Gasteiger partial charge is 0.495 e. The molecule has 0 saturated heterocycles. The molecule has 0 saturated carbocycles. The molecule has 3 aromatic rings. The van der Waals surface area contributed by atoms with E-state index in [0.29, 0.717) is 15.8 Å². The Morgan fingerprint density at radius 3 is 2.66 bits per heavy atom. The fourth-order valence-corrected chi connectivity index (χ4v) is 5.11. The van der Waals surface area contributed by atoms with Gasteiger partial charge < -0.3 is 10.1 Å². The summed E-state index contributed by atoms with van der Waals surface area (Å²) in [5.41, 5.74) is 1.70. The average Bonchev–Trinajstić information content (AvgIpc) is 3.17. The van der Waals surface area contributed by atoms with E-state index in [9.17, 15) is 13.2 Å². The Kier molecular flexibility index (Phi) is 6.61. The first-order chi connectivity index (χ1) is 13.8. The van der Waals surface area contributed by atoms with Gasteiger partial charge in [-0.1, -0.05) is 12.1 Å². The van der Waals surface area contributed by atoms with Crippen LogP contribution in [0.15, 0.2) is 63.3 Å². The quantitative estimate of drug-likeness (QED) is 0.493. The Bertz CT molecular complexity index is 1130. The summed E-state index contributed by atoms with van der Waals surface area (Å²) in [4.78, 5) is 13.1. The summed E-state index contributed by atoms with van der Waals surface area (Å²) in [6, 6.07) is 13.6. The molecule has 0 atom stereocenters. The normalized spacial score (nSPS) is 11.1. The number of thiophene rings is 1. The number of hydrogen-bond donors (Lipinski definition) is 2. The van der Waals surface area contributed by atoms with E-state index in [1.165, 1.54) is 30.6 Å². The van der Waals surface area contributed by atoms with Crippen molar-refractivity contribution < 1.29 is 17.9 Å². The average molecular weight is 495 g/mol. The topological polar surface area (TPSA) is 84.5 Å². The molecule has 2 N–H and O–H groups in total. The number of ether oxygens (including phenoxy) is 1. The molecule has 0 aliphatic heterocycles. The van der Waals surface area contributed by atoms with Crippen molar-refractivity contribution in [1.82, 2.24) is 0 Å². The zero-order chi connectivity index (χ0) is 21.0. The molecule has 0 aliphatic carbocycles. The lowest BCUT2D eigenvalue weighted by Crippen LogP contribution is -2.17. The molecule has 3 rings (SSSR count). The van der Waals surface area contributed by atoms with Crippen LogP contribution in [0.5, 0.6) is 5.75 Å². The molecule has 29 heavy (non-hydrogen) atoms. The number of benzene rings is 2. The van der Waals surface area contributed by atoms with Gasteiger partial charge in [0.2, 0.25) is 5.91 Å². The van der Waals surface area contributed by atoms with Crippen LogP contribution in [0.3, 0.4) is 0 Å². The lowest BCUT2D eigenvalue weighted by Gasteiger charge is -2.15. The summed E-state index contributed by atoms with van der Waals surface area (Å²) in [6.07, 6.45) is 0.222. The first-order valence-electron chi connectivity index (χ1n) is 8.58. The van der Waals surface area contributed by atoms with Gasteiger partial charge in [0.15, 0.2) is 0 Å². The number of anilines is 2. The van der Waals surface area contributed by atoms with Crippen LogP contribution in [0, 0.1) is 6.92 Å². The van der Waals surface area contributed by atoms with Crippen LogP contribution in [-0.4, -0.2) is 21.4 Å². The second-order valence-electron chi connectivity index (χ2n) is 6.26. The highest BCUT2D eigenvalue weighted by molar-refractivity contribution is 9.10. The minimum Gasteiger partial charge on any atom is -0.495 e. The lowest BCUT2D eigenvalue weighted by molar-refractivity contribution is -0.115. The molecule has 0 bridgehead atoms. The summed E-state index contributed by atoms with van der Waals surface area (Å²) in [5, 5.41) is 4.64. The highest BCUT2D eigenvalue weighted by Crippen LogP contribution is 2.31. The number of methoxy groups -OCH3 is 1. The van der Waals surface area contributed by atoms with Gasteiger partial charge >= 0.3 is 0 Å². The number of sulfonamides is 1. The SMILES string of the molecule is COc1ccc(NC(=O)Cc2cccs2)cc1S(=O)(=O)Nc1cc(C)ccc1Br. The Labute approximate surface area is 182 Å². The molecule has 2 aromatic carbocycles. The summed E-state index contributed by atoms with van der Waals surface area (Å²) in [7, 11) is -2.56. The molecule has 0 fully saturated rings. The fourth-order valence-electron chi connectivity index (χ4n) is 2.66. The maximum atomic E-state index is 13.0. The van der Waals surface area contributed by atoms with Crippen molar-refractivity contribution in [1.29, 1.82) is 0 Å². The van der Waals surface area contributed by atoms with Gasteiger partial charge in [-0.25, -0.2) is 8.42 Å². The maximum Gasteiger partial charge on any atom is 0.265 e. The molecule has 0 aliphatic rings. The zero-order valence-electron chi connectivity index (χ0n) is 15.7. The second-order valence-corrected chi connectivity index (χ2v) is 9.80. The number of carbonyl (C=O) groups is 1. The van der Waals surface area contributed by atoms with Crippen molar-refractivity contribution in [3.63, 3.8) is 0 Å². The lowest BCUT2D eigenvalue weighted by atomic mass is 10.2. The highest BCUT2D eigenvalue weighted by atomic mass is 79.9. The summed E-state index contributed by atoms with van der Waals surface area (Å²) < 4.78 is 34.4. The van der Waals surface area contributed by atoms with E-state index < -0.39 is 10.0 Å². The van der Waals surface area contributed by atoms with Gasteiger partial charge in [-0.05, 0) is 70.2 Å². The van der Waals surface area contributed by atoms with Crippen molar-refractivity contribution in [3.8, 4) is 5.75 Å². The molecule has 152 valence electrons. The van der Waals surface area contributed by atoms with Crippen LogP contribution in [0.1, 0.15) is 10.4 Å². The first-order valence-corrected chi connectivity index (χ1v) is 11.7. The predicted octanol–water partition coefficient (Wildman–Crippen LogP) is 4.81. The summed E-state index contributed by atoms with van der Waals surface area (Å²) >= 11 is 4.84. The van der Waals surface area contributed by atoms with Crippen LogP contribution in [0.25, 0.3) is 0 Å². The summed E-state index contributed by atoms with van der Waals surface area (Å²) in [5.74, 6) is -0.0483. The molecular formula is C20H19BrN2O4S2. The third-order valence-corrected chi connectivity index (χ3v) is 6.97. The molecule has 6 nitrogen and oxygen atoms in total. The Balaban J connectivity index is 1.87. The van der Waals surface area contributed by atoms with E-state index >= 15 is 0 Å². The molecule has 0 radical (unpaired) electrons. The van der Waals surface area contributed by atoms with Crippen LogP contribution >= 0.6 is 27.3 Å². The van der Waals surface area contributed by atoms with Crippen molar-refractivity contribution >= 4 is 54.6 Å². The third-order valence-electron chi connectivity index (χ3n) is 4.02. The Morgan fingerprint density at radius 2 is 1.97 bits per heavy atom. The van der Waals surface area contributed by atoms with E-state index in [0.717, 1.165) is 10.4 Å². The number of carbonyl (C=O) groups excluding carboxylic acids is 1. The molecule has 9 heteroatoms. The number of halogens is 1. The van der Waals surface area contributed by atoms with Gasteiger partial charge in [-0.3, -0.25) is 9.52 Å². The molecule has 1 amide bonds. The van der Waals surface area contributed by atoms with E-state index in [4.69, 9.17) is 4.74 Å². The molecular weight excluding hydrogens is 476 g/mol. The van der Waals surface area contributed by atoms with E-state index in [2.05, 4.69) is 26.0 Å². The first kappa shape index (κ1) is 21.4. The van der Waals surface area contributed by atoms with Gasteiger partial charge in [0.25, 0.3) is 10.0 Å². The van der Waals surface area contributed by atoms with Gasteiger partial charge in [0.05, 0.1) is 19.2 Å². The minimum atomic E-state index is -3.96. The number of nitrogens with one attached hydrogen (secondary N) is 2. The third kappa shape index (κ3) is 5.37. The van der Waals surface area contributed by atoms with Crippen molar-refractivity contribution in [2.45, 2.75) is 18.2 Å². The molecule has 0 spiro atoms. The van der Waals surface area contributed by atoms with Crippen LogP contribution in [-0.2, 0) is 21.2 Å². The monoisotopic (exact) mass is 494 g/mol. The van der Waals surface area contributed by atoms with Crippen LogP contribution in [0.4, 0.5) is 11.4 Å². The van der Waals surface area contributed by atoms with Gasteiger partial charge in [0.1, 0.15) is 10.6 Å². The summed E-state index contributed by atoms with van der Waals surface area (Å²) in [6.45, 7) is 1.87. The maximum absolute atomic E-state index is 13.0. The standard InChI is InChI=1S/C20H19BrN2O4S2/c1-13-5-7-16(21)17(10-13)23-29(25,26)19-11-14(6-8-18(19)27-2)22-20(24)12-15-4-3-9-28-15/h3-11,23H,12H2,1-2H3,(H,22,24). The van der Waals surface area contributed by atoms with Gasteiger partial charge in [-0.15, -0.1) is 11.3 Å². The second kappa shape index (κ2) is 8.98. The molecule has 1 heterocycles. The fraction of sp³-hybridized carbons (Fsp3) is 0.150. The zero-order valence-corrected chi connectivity index (χ0v) is 18.9. The van der Waals surface area contributed by atoms with Crippen LogP contribution in [0.2, 0.25) is 0 Å². The number of rotatable bonds is 7. The highest BCUT2D eigenvalue weighted by Gasteiger charge is 2.22. The number of hydrogen-bond acceptors (Lipinski definition) is 5. The molecule has 1 aromatic heterocycles. The smallest absolute Gasteiger partial charge is 0.265 e. The van der Waals surface area contributed by atoms with Crippen LogP contribution < -0.4 is 14.8 Å². The molecule has 0 unspecified atom stereocenters. The van der Waals surface area contributed by atoms with E-state index in [-0.39, 0.29) is 23.0 Å². The van der Waals surface area contributed by atoms with Gasteiger partial charge in [-0.2, -0.15) is 0 Å². The number of aryl methyl sites for hydroxylation is 1. The minimum absolute atomic E-state index is 0.0673. The Morgan fingerprint density at radius 1 is 1.17 bits per heavy atom. The van der Waals surface area contributed by atoms with E-state index in [1.54, 1.807) is 18.2 Å².